The molecule has 2 rings (SSSR count). The number of rotatable bonds is 6. The summed E-state index contributed by atoms with van der Waals surface area (Å²) in [6.45, 7) is 4.42. The van der Waals surface area contributed by atoms with Crippen LogP contribution in [0.3, 0.4) is 0 Å². The van der Waals surface area contributed by atoms with Crippen molar-refractivity contribution in [2.75, 3.05) is 18.5 Å². The minimum Gasteiger partial charge on any atom is -0.476 e. The van der Waals surface area contributed by atoms with E-state index in [4.69, 9.17) is 0 Å². The van der Waals surface area contributed by atoms with Crippen LogP contribution in [0.4, 0.5) is 5.82 Å². The largest absolute Gasteiger partial charge is 0.476 e. The summed E-state index contributed by atoms with van der Waals surface area (Å²) in [4.78, 5) is 17.7. The number of pyridine rings is 1. The van der Waals surface area contributed by atoms with Gasteiger partial charge in [0.25, 0.3) is 0 Å². The van der Waals surface area contributed by atoms with Crippen molar-refractivity contribution in [3.8, 4) is 0 Å². The van der Waals surface area contributed by atoms with E-state index >= 15 is 0 Å². The lowest BCUT2D eigenvalue weighted by molar-refractivity contribution is 0.0690. The van der Waals surface area contributed by atoms with Crippen LogP contribution in [-0.4, -0.2) is 34.1 Å². The van der Waals surface area contributed by atoms with Crippen molar-refractivity contribution in [1.29, 1.82) is 0 Å². The van der Waals surface area contributed by atoms with E-state index in [1.165, 1.54) is 0 Å². The van der Waals surface area contributed by atoms with E-state index < -0.39 is 5.97 Å². The first-order chi connectivity index (χ1) is 9.15. The molecule has 0 fully saturated rings. The van der Waals surface area contributed by atoms with Crippen molar-refractivity contribution in [1.82, 2.24) is 9.38 Å². The number of carboxylic acid groups (broad SMARTS) is 1. The summed E-state index contributed by atoms with van der Waals surface area (Å²) in [5.41, 5.74) is 0.849. The van der Waals surface area contributed by atoms with Crippen molar-refractivity contribution >= 4 is 17.4 Å². The molecule has 0 unspecified atom stereocenters. The van der Waals surface area contributed by atoms with Crippen molar-refractivity contribution in [2.24, 2.45) is 0 Å². The molecule has 100 valence electrons. The van der Waals surface area contributed by atoms with Crippen LogP contribution < -0.4 is 4.90 Å². The van der Waals surface area contributed by atoms with Crippen LogP contribution in [0.2, 0.25) is 0 Å². The van der Waals surface area contributed by atoms with Gasteiger partial charge in [-0.1, -0.05) is 12.1 Å². The van der Waals surface area contributed by atoms with Crippen LogP contribution in [0.1, 0.15) is 23.3 Å². The second-order valence-electron chi connectivity index (χ2n) is 4.37. The zero-order chi connectivity index (χ0) is 13.8. The van der Waals surface area contributed by atoms with Crippen LogP contribution in [0.15, 0.2) is 37.1 Å². The summed E-state index contributed by atoms with van der Waals surface area (Å²) in [5.74, 6) is -0.466. The molecule has 2 aromatic heterocycles. The topological polar surface area (TPSA) is 57.8 Å². The zero-order valence-corrected chi connectivity index (χ0v) is 10.9. The summed E-state index contributed by atoms with van der Waals surface area (Å²) in [6.07, 6.45) is 5.40. The van der Waals surface area contributed by atoms with Gasteiger partial charge in [-0.2, -0.15) is 0 Å². The molecule has 0 radical (unpaired) electrons. The number of imidazole rings is 1. The van der Waals surface area contributed by atoms with E-state index in [9.17, 15) is 9.90 Å². The summed E-state index contributed by atoms with van der Waals surface area (Å²) in [5, 5.41) is 9.37. The third kappa shape index (κ3) is 2.59. The average molecular weight is 259 g/mol. The number of nitrogens with zero attached hydrogens (tertiary/aromatic N) is 3. The van der Waals surface area contributed by atoms with Crippen LogP contribution in [0, 0.1) is 0 Å². The molecule has 1 N–H and O–H groups in total. The van der Waals surface area contributed by atoms with E-state index in [0.717, 1.165) is 19.4 Å². The molecule has 5 heteroatoms. The highest BCUT2D eigenvalue weighted by Gasteiger charge is 2.20. The number of fused-ring (bicyclic) bond motifs is 1. The summed E-state index contributed by atoms with van der Waals surface area (Å²) < 4.78 is 1.60. The number of carboxylic acids is 1. The van der Waals surface area contributed by atoms with E-state index in [1.807, 2.05) is 24.1 Å². The van der Waals surface area contributed by atoms with Crippen molar-refractivity contribution in [3.63, 3.8) is 0 Å². The minimum absolute atomic E-state index is 0.205. The number of hydrogen-bond donors (Lipinski definition) is 1. The Morgan fingerprint density at radius 3 is 3.05 bits per heavy atom. The molecule has 0 aromatic carbocycles. The first kappa shape index (κ1) is 13.1. The van der Waals surface area contributed by atoms with E-state index in [0.29, 0.717) is 11.5 Å². The molecule has 2 aromatic rings. The fourth-order valence-corrected chi connectivity index (χ4v) is 2.03. The highest BCUT2D eigenvalue weighted by molar-refractivity contribution is 5.93. The molecule has 0 spiro atoms. The molecule has 0 aliphatic carbocycles. The summed E-state index contributed by atoms with van der Waals surface area (Å²) in [7, 11) is 1.86. The molecule has 2 heterocycles. The Bertz CT molecular complexity index is 604. The molecule has 19 heavy (non-hydrogen) atoms. The smallest absolute Gasteiger partial charge is 0.356 e. The van der Waals surface area contributed by atoms with Crippen molar-refractivity contribution < 1.29 is 9.90 Å². The Morgan fingerprint density at radius 1 is 1.58 bits per heavy atom. The van der Waals surface area contributed by atoms with Gasteiger partial charge in [0.1, 0.15) is 5.65 Å². The fraction of sp³-hybridized carbons (Fsp3) is 0.286. The molecule has 0 aliphatic heterocycles. The van der Waals surface area contributed by atoms with Gasteiger partial charge in [-0.3, -0.25) is 4.40 Å². The third-order valence-corrected chi connectivity index (χ3v) is 2.98. The lowest BCUT2D eigenvalue weighted by atomic mass is 10.3. The number of aromatic carboxylic acids is 1. The molecule has 0 saturated heterocycles. The molecule has 0 atom stereocenters. The second kappa shape index (κ2) is 5.56. The summed E-state index contributed by atoms with van der Waals surface area (Å²) in [6, 6.07) is 5.44. The van der Waals surface area contributed by atoms with Gasteiger partial charge >= 0.3 is 5.97 Å². The fourth-order valence-electron chi connectivity index (χ4n) is 2.03. The van der Waals surface area contributed by atoms with Gasteiger partial charge in [0.05, 0.1) is 0 Å². The predicted molar refractivity (Wildman–Crippen MR) is 74.9 cm³/mol. The number of aromatic nitrogens is 2. The Morgan fingerprint density at radius 2 is 2.37 bits per heavy atom. The van der Waals surface area contributed by atoms with Crippen LogP contribution >= 0.6 is 0 Å². The minimum atomic E-state index is -0.968. The number of carbonyl (C=O) groups is 1. The Balaban J connectivity index is 2.38. The molecule has 0 amide bonds. The maximum absolute atomic E-state index is 11.4. The Hall–Kier alpha value is -2.30. The molecular weight excluding hydrogens is 242 g/mol. The molecule has 0 saturated carbocycles. The van der Waals surface area contributed by atoms with Gasteiger partial charge in [-0.05, 0) is 25.0 Å². The van der Waals surface area contributed by atoms with Gasteiger partial charge in [-0.25, -0.2) is 9.78 Å². The SMILES string of the molecule is C=CCCCN(C)c1nc2ccccn2c1C(=O)O. The van der Waals surface area contributed by atoms with Gasteiger partial charge in [0.2, 0.25) is 0 Å². The number of anilines is 1. The molecule has 0 aliphatic rings. The first-order valence-corrected chi connectivity index (χ1v) is 6.17. The standard InChI is InChI=1S/C14H17N3O2/c1-3-4-6-9-16(2)13-12(14(18)19)17-10-7-5-8-11(17)15-13/h3,5,7-8,10H,1,4,6,9H2,2H3,(H,18,19). The highest BCUT2D eigenvalue weighted by atomic mass is 16.4. The van der Waals surface area contributed by atoms with E-state index in [-0.39, 0.29) is 5.69 Å². The van der Waals surface area contributed by atoms with Gasteiger partial charge < -0.3 is 10.0 Å². The molecular formula is C14H17N3O2. The first-order valence-electron chi connectivity index (χ1n) is 6.17. The maximum Gasteiger partial charge on any atom is 0.356 e. The molecule has 0 bridgehead atoms. The highest BCUT2D eigenvalue weighted by Crippen LogP contribution is 2.21. The quantitative estimate of drug-likeness (QED) is 0.639. The normalized spacial score (nSPS) is 10.6. The number of allylic oxidation sites excluding steroid dienone is 1. The van der Waals surface area contributed by atoms with Gasteiger partial charge in [0, 0.05) is 19.8 Å². The van der Waals surface area contributed by atoms with Crippen LogP contribution in [0.5, 0.6) is 0 Å². The second-order valence-corrected chi connectivity index (χ2v) is 4.37. The van der Waals surface area contributed by atoms with E-state index in [2.05, 4.69) is 11.6 Å². The zero-order valence-electron chi connectivity index (χ0n) is 10.9. The van der Waals surface area contributed by atoms with Gasteiger partial charge in [-0.15, -0.1) is 6.58 Å². The Kier molecular flexibility index (Phi) is 3.85. The number of hydrogen-bond acceptors (Lipinski definition) is 3. The monoisotopic (exact) mass is 259 g/mol. The number of unbranched alkanes of at least 4 members (excludes halogenated alkanes) is 1. The summed E-state index contributed by atoms with van der Waals surface area (Å²) >= 11 is 0. The lowest BCUT2D eigenvalue weighted by Gasteiger charge is -2.16. The van der Waals surface area contributed by atoms with Crippen molar-refractivity contribution in [3.05, 3.63) is 42.7 Å². The van der Waals surface area contributed by atoms with Crippen LogP contribution in [-0.2, 0) is 0 Å². The molecule has 5 nitrogen and oxygen atoms in total. The van der Waals surface area contributed by atoms with E-state index in [1.54, 1.807) is 22.7 Å². The average Bonchev–Trinajstić information content (AvgIpc) is 2.78. The predicted octanol–water partition coefficient (Wildman–Crippen LogP) is 2.43. The maximum atomic E-state index is 11.4. The van der Waals surface area contributed by atoms with Gasteiger partial charge in [0.15, 0.2) is 11.5 Å². The van der Waals surface area contributed by atoms with Crippen molar-refractivity contribution in [2.45, 2.75) is 12.8 Å². The lowest BCUT2D eigenvalue weighted by Crippen LogP contribution is -2.21. The van der Waals surface area contributed by atoms with Crippen LogP contribution in [0.25, 0.3) is 5.65 Å². The Labute approximate surface area is 111 Å². The third-order valence-electron chi connectivity index (χ3n) is 2.98.